The maximum absolute atomic E-state index is 12.9. The van der Waals surface area contributed by atoms with Gasteiger partial charge in [0.2, 0.25) is 0 Å². The Kier molecular flexibility index (Phi) is 68.2. The third kappa shape index (κ3) is 69.3. The first kappa shape index (κ1) is 79.6. The second-order valence-corrected chi connectivity index (χ2v) is 24.1. The maximum Gasteiger partial charge on any atom is 0.306 e. The second-order valence-electron chi connectivity index (χ2n) is 24.1. The molecule has 0 saturated heterocycles. The zero-order valence-electron chi connectivity index (χ0n) is 55.2. The fourth-order valence-electron chi connectivity index (χ4n) is 10.6. The number of ether oxygens (including phenoxy) is 3. The minimum absolute atomic E-state index is 0.0772. The van der Waals surface area contributed by atoms with Gasteiger partial charge in [0.25, 0.3) is 0 Å². The second kappa shape index (κ2) is 71.1. The molecule has 0 rings (SSSR count). The third-order valence-electron chi connectivity index (χ3n) is 15.9. The minimum atomic E-state index is -0.782. The van der Waals surface area contributed by atoms with Gasteiger partial charge >= 0.3 is 17.9 Å². The smallest absolute Gasteiger partial charge is 0.306 e. The van der Waals surface area contributed by atoms with Crippen LogP contribution in [0.15, 0.2) is 85.1 Å². The topological polar surface area (TPSA) is 78.9 Å². The molecule has 0 aromatic carbocycles. The molecule has 0 heterocycles. The first-order chi connectivity index (χ1) is 41.0. The van der Waals surface area contributed by atoms with E-state index in [4.69, 9.17) is 14.2 Å². The van der Waals surface area contributed by atoms with Crippen LogP contribution in [0.4, 0.5) is 0 Å². The molecule has 83 heavy (non-hydrogen) atoms. The summed E-state index contributed by atoms with van der Waals surface area (Å²) in [6, 6.07) is 0. The van der Waals surface area contributed by atoms with Crippen molar-refractivity contribution in [1.29, 1.82) is 0 Å². The minimum Gasteiger partial charge on any atom is -0.462 e. The Morgan fingerprint density at radius 3 is 0.735 bits per heavy atom. The number of allylic oxidation sites excluding steroid dienone is 14. The molecule has 0 aliphatic rings. The molecule has 0 bridgehead atoms. The largest absolute Gasteiger partial charge is 0.462 e. The van der Waals surface area contributed by atoms with E-state index in [2.05, 4.69) is 106 Å². The van der Waals surface area contributed by atoms with E-state index in [1.807, 2.05) is 0 Å². The van der Waals surface area contributed by atoms with Crippen LogP contribution in [0.2, 0.25) is 0 Å². The standard InChI is InChI=1S/C77H136O6/c1-4-7-10-13-16-19-22-25-28-29-30-31-32-33-34-35-36-37-38-39-40-41-42-43-44-45-46-47-50-52-55-58-61-64-67-70-76(79)82-73-74(83-77(80)71-68-65-62-59-56-53-49-27-24-21-18-15-12-9-6-3)72-81-75(78)69-66-63-60-57-54-51-48-26-23-20-17-14-11-8-5-2/h7,9-10,12,16,18-19,21,25,27-28,30-31,49,74H,4-6,8,11,13-15,17,20,22-24,26,29,32-48,50-73H2,1-3H3/b10-7-,12-9-,19-16-,21-18-,28-25-,31-30-,49-27-. The number of carbonyl (C=O) groups is 3. The van der Waals surface area contributed by atoms with Gasteiger partial charge in [-0.3, -0.25) is 14.4 Å². The lowest BCUT2D eigenvalue weighted by Gasteiger charge is -2.18. The summed E-state index contributed by atoms with van der Waals surface area (Å²) in [6.07, 6.45) is 94.9. The lowest BCUT2D eigenvalue weighted by molar-refractivity contribution is -0.167. The number of rotatable bonds is 66. The molecule has 0 fully saturated rings. The molecule has 0 aromatic rings. The summed E-state index contributed by atoms with van der Waals surface area (Å²) in [5, 5.41) is 0. The summed E-state index contributed by atoms with van der Waals surface area (Å²) < 4.78 is 17.0. The van der Waals surface area contributed by atoms with Crippen LogP contribution in [-0.2, 0) is 28.6 Å². The molecular formula is C77H136O6. The first-order valence-electron chi connectivity index (χ1n) is 36.1. The van der Waals surface area contributed by atoms with Crippen molar-refractivity contribution >= 4 is 17.9 Å². The Balaban J connectivity index is 4.11. The molecule has 0 spiro atoms. The van der Waals surface area contributed by atoms with Crippen LogP contribution in [0, 0.1) is 0 Å². The summed E-state index contributed by atoms with van der Waals surface area (Å²) in [5.74, 6) is -0.872. The normalized spacial score (nSPS) is 12.6. The van der Waals surface area contributed by atoms with Gasteiger partial charge in [0, 0.05) is 19.3 Å². The lowest BCUT2D eigenvalue weighted by atomic mass is 10.0. The van der Waals surface area contributed by atoms with Crippen molar-refractivity contribution < 1.29 is 28.6 Å². The zero-order chi connectivity index (χ0) is 59.9. The molecule has 1 atom stereocenters. The highest BCUT2D eigenvalue weighted by Crippen LogP contribution is 2.18. The number of unbranched alkanes of at least 4 members (excludes halogenated alkanes) is 41. The van der Waals surface area contributed by atoms with Crippen LogP contribution in [-0.4, -0.2) is 37.2 Å². The van der Waals surface area contributed by atoms with Crippen molar-refractivity contribution in [3.63, 3.8) is 0 Å². The molecule has 6 heteroatoms. The summed E-state index contributed by atoms with van der Waals surface area (Å²) in [5.41, 5.74) is 0. The third-order valence-corrected chi connectivity index (χ3v) is 15.9. The van der Waals surface area contributed by atoms with Crippen LogP contribution in [0.5, 0.6) is 0 Å². The highest BCUT2D eigenvalue weighted by molar-refractivity contribution is 5.71. The molecule has 6 nitrogen and oxygen atoms in total. The highest BCUT2D eigenvalue weighted by atomic mass is 16.6. The van der Waals surface area contributed by atoms with Crippen LogP contribution >= 0.6 is 0 Å². The molecule has 480 valence electrons. The van der Waals surface area contributed by atoms with Gasteiger partial charge in [-0.15, -0.1) is 0 Å². The van der Waals surface area contributed by atoms with E-state index in [9.17, 15) is 14.4 Å². The van der Waals surface area contributed by atoms with E-state index < -0.39 is 6.10 Å². The van der Waals surface area contributed by atoms with Crippen LogP contribution in [0.3, 0.4) is 0 Å². The number of carbonyl (C=O) groups excluding carboxylic acids is 3. The monoisotopic (exact) mass is 1160 g/mol. The molecule has 0 N–H and O–H groups in total. The van der Waals surface area contributed by atoms with E-state index >= 15 is 0 Å². The van der Waals surface area contributed by atoms with Crippen molar-refractivity contribution in [2.75, 3.05) is 13.2 Å². The van der Waals surface area contributed by atoms with E-state index in [-0.39, 0.29) is 31.1 Å². The van der Waals surface area contributed by atoms with Gasteiger partial charge in [0.05, 0.1) is 0 Å². The van der Waals surface area contributed by atoms with Crippen molar-refractivity contribution in [2.24, 2.45) is 0 Å². The summed E-state index contributed by atoms with van der Waals surface area (Å²) in [4.78, 5) is 38.4. The summed E-state index contributed by atoms with van der Waals surface area (Å²) in [7, 11) is 0. The van der Waals surface area contributed by atoms with E-state index in [1.54, 1.807) is 0 Å². The van der Waals surface area contributed by atoms with Crippen LogP contribution < -0.4 is 0 Å². The Hall–Kier alpha value is -3.41. The van der Waals surface area contributed by atoms with Crippen LogP contribution in [0.25, 0.3) is 0 Å². The lowest BCUT2D eigenvalue weighted by Crippen LogP contribution is -2.30. The fraction of sp³-hybridized carbons (Fsp3) is 0.779. The zero-order valence-corrected chi connectivity index (χ0v) is 55.2. The molecule has 0 aliphatic heterocycles. The fourth-order valence-corrected chi connectivity index (χ4v) is 10.6. The van der Waals surface area contributed by atoms with Crippen LogP contribution in [0.1, 0.15) is 367 Å². The Bertz CT molecular complexity index is 1570. The van der Waals surface area contributed by atoms with E-state index in [1.165, 1.54) is 205 Å². The Morgan fingerprint density at radius 2 is 0.470 bits per heavy atom. The molecule has 0 radical (unpaired) electrons. The van der Waals surface area contributed by atoms with Gasteiger partial charge in [-0.2, -0.15) is 0 Å². The number of hydrogen-bond acceptors (Lipinski definition) is 6. The van der Waals surface area contributed by atoms with Gasteiger partial charge in [-0.25, -0.2) is 0 Å². The SMILES string of the molecule is CC/C=C\C/C=C\C/C=C\C/C=C\CCCCCCCCCCCCCCCCCCCCCCCCC(=O)OCC(COC(=O)CCCCCCCCCCCCCCCCC)OC(=O)CCCCCCC/C=C\C/C=C\C/C=C\CC. The maximum atomic E-state index is 12.9. The Labute approximate surface area is 515 Å². The average molecular weight is 1160 g/mol. The summed E-state index contributed by atoms with van der Waals surface area (Å²) >= 11 is 0. The number of hydrogen-bond donors (Lipinski definition) is 0. The average Bonchev–Trinajstić information content (AvgIpc) is 3.49. The molecule has 0 amide bonds. The molecule has 0 aromatic heterocycles. The van der Waals surface area contributed by atoms with E-state index in [0.29, 0.717) is 19.3 Å². The first-order valence-corrected chi connectivity index (χ1v) is 36.1. The highest BCUT2D eigenvalue weighted by Gasteiger charge is 2.19. The van der Waals surface area contributed by atoms with Crippen molar-refractivity contribution in [1.82, 2.24) is 0 Å². The molecule has 1 unspecified atom stereocenters. The van der Waals surface area contributed by atoms with Crippen molar-refractivity contribution in [3.8, 4) is 0 Å². The van der Waals surface area contributed by atoms with Crippen molar-refractivity contribution in [3.05, 3.63) is 85.1 Å². The van der Waals surface area contributed by atoms with Gasteiger partial charge in [0.1, 0.15) is 13.2 Å². The van der Waals surface area contributed by atoms with E-state index in [0.717, 1.165) is 122 Å². The molecule has 0 aliphatic carbocycles. The predicted octanol–water partition coefficient (Wildman–Crippen LogP) is 25.0. The number of esters is 3. The summed E-state index contributed by atoms with van der Waals surface area (Å²) in [6.45, 7) is 6.45. The van der Waals surface area contributed by atoms with Gasteiger partial charge in [0.15, 0.2) is 6.10 Å². The van der Waals surface area contributed by atoms with Crippen molar-refractivity contribution in [2.45, 2.75) is 374 Å². The molecule has 0 saturated carbocycles. The van der Waals surface area contributed by atoms with Gasteiger partial charge < -0.3 is 14.2 Å². The van der Waals surface area contributed by atoms with Gasteiger partial charge in [-0.1, -0.05) is 343 Å². The quantitative estimate of drug-likeness (QED) is 0.0261. The Morgan fingerprint density at radius 1 is 0.253 bits per heavy atom. The predicted molar refractivity (Wildman–Crippen MR) is 362 cm³/mol. The molecular weight excluding hydrogens is 1020 g/mol. The van der Waals surface area contributed by atoms with Gasteiger partial charge in [-0.05, 0) is 89.9 Å².